The van der Waals surface area contributed by atoms with E-state index in [-0.39, 0.29) is 5.91 Å². The third kappa shape index (κ3) is 4.17. The van der Waals surface area contributed by atoms with E-state index in [9.17, 15) is 4.79 Å². The number of rotatable bonds is 5. The number of nitrogens with zero attached hydrogens (tertiary/aromatic N) is 4. The Labute approximate surface area is 183 Å². The topological polar surface area (TPSA) is 75.6 Å². The number of hydrogen-bond acceptors (Lipinski definition) is 7. The van der Waals surface area contributed by atoms with Gasteiger partial charge in [-0.05, 0) is 19.1 Å². The van der Waals surface area contributed by atoms with E-state index in [2.05, 4.69) is 10.1 Å². The van der Waals surface area contributed by atoms with Gasteiger partial charge in [0.1, 0.15) is 10.6 Å². The highest BCUT2D eigenvalue weighted by Crippen LogP contribution is 2.35. The number of hydrogen-bond donors (Lipinski definition) is 0. The summed E-state index contributed by atoms with van der Waals surface area (Å²) in [5, 5.41) is 4.79. The summed E-state index contributed by atoms with van der Waals surface area (Å²) in [4.78, 5) is 23.1. The summed E-state index contributed by atoms with van der Waals surface area (Å²) < 4.78 is 10.7. The molecule has 0 aliphatic carbocycles. The van der Waals surface area contributed by atoms with E-state index < -0.39 is 0 Å². The Morgan fingerprint density at radius 2 is 1.90 bits per heavy atom. The van der Waals surface area contributed by atoms with Gasteiger partial charge in [0.25, 0.3) is 5.91 Å². The zero-order valence-corrected chi connectivity index (χ0v) is 18.0. The van der Waals surface area contributed by atoms with Crippen LogP contribution in [-0.2, 0) is 6.54 Å². The van der Waals surface area contributed by atoms with Crippen LogP contribution in [0.3, 0.4) is 0 Å². The first-order valence-corrected chi connectivity index (χ1v) is 11.0. The highest BCUT2D eigenvalue weighted by Gasteiger charge is 2.28. The fourth-order valence-corrected chi connectivity index (χ4v) is 4.76. The quantitative estimate of drug-likeness (QED) is 0.466. The molecule has 4 heterocycles. The van der Waals surface area contributed by atoms with E-state index in [1.165, 1.54) is 11.3 Å². The standard InChI is InChI=1S/C23H22N4O3S/c1-16-14-18(25-30-16)15-26-9-11-27(12-10-26)23(28)21-20(17-6-3-2-4-7-17)24-22(31-21)19-8-5-13-29-19/h2-8,13-14H,9-12,15H2,1H3. The van der Waals surface area contributed by atoms with Crippen molar-refractivity contribution >= 4 is 17.2 Å². The van der Waals surface area contributed by atoms with E-state index >= 15 is 0 Å². The maximum absolute atomic E-state index is 13.5. The molecule has 1 aliphatic rings. The number of carbonyl (C=O) groups is 1. The van der Waals surface area contributed by atoms with Crippen LogP contribution >= 0.6 is 11.3 Å². The van der Waals surface area contributed by atoms with Gasteiger partial charge < -0.3 is 13.8 Å². The Morgan fingerprint density at radius 1 is 1.10 bits per heavy atom. The van der Waals surface area contributed by atoms with Crippen LogP contribution in [-0.4, -0.2) is 52.0 Å². The molecule has 5 rings (SSSR count). The van der Waals surface area contributed by atoms with Crippen molar-refractivity contribution in [3.05, 3.63) is 71.1 Å². The van der Waals surface area contributed by atoms with E-state index in [4.69, 9.17) is 13.9 Å². The fourth-order valence-electron chi connectivity index (χ4n) is 3.74. The van der Waals surface area contributed by atoms with Gasteiger partial charge >= 0.3 is 0 Å². The second-order valence-electron chi connectivity index (χ2n) is 7.54. The number of thiazole rings is 1. The third-order valence-corrected chi connectivity index (χ3v) is 6.38. The lowest BCUT2D eigenvalue weighted by molar-refractivity contribution is 0.0631. The molecule has 1 aliphatic heterocycles. The Bertz CT molecular complexity index is 1160. The molecule has 1 amide bonds. The average Bonchev–Trinajstić information content (AvgIpc) is 3.55. The highest BCUT2D eigenvalue weighted by molar-refractivity contribution is 7.17. The predicted octanol–water partition coefficient (Wildman–Crippen LogP) is 4.32. The number of aryl methyl sites for hydroxylation is 1. The van der Waals surface area contributed by atoms with E-state index in [0.717, 1.165) is 36.7 Å². The normalized spacial score (nSPS) is 14.8. The fraction of sp³-hybridized carbons (Fsp3) is 0.261. The lowest BCUT2D eigenvalue weighted by Gasteiger charge is -2.34. The Morgan fingerprint density at radius 3 is 2.58 bits per heavy atom. The molecule has 3 aromatic heterocycles. The number of amides is 1. The predicted molar refractivity (Wildman–Crippen MR) is 118 cm³/mol. The van der Waals surface area contributed by atoms with Crippen molar-refractivity contribution in [2.45, 2.75) is 13.5 Å². The highest BCUT2D eigenvalue weighted by atomic mass is 32.1. The zero-order chi connectivity index (χ0) is 21.2. The SMILES string of the molecule is Cc1cc(CN2CCN(C(=O)c3sc(-c4ccco4)nc3-c3ccccc3)CC2)no1. The summed E-state index contributed by atoms with van der Waals surface area (Å²) in [6.07, 6.45) is 1.62. The van der Waals surface area contributed by atoms with Crippen LogP contribution in [0, 0.1) is 6.92 Å². The van der Waals surface area contributed by atoms with Crippen LogP contribution in [0.25, 0.3) is 22.0 Å². The minimum absolute atomic E-state index is 0.0195. The van der Waals surface area contributed by atoms with Crippen LogP contribution in [0.2, 0.25) is 0 Å². The van der Waals surface area contributed by atoms with Crippen LogP contribution in [0.15, 0.2) is 63.7 Å². The lowest BCUT2D eigenvalue weighted by Crippen LogP contribution is -2.48. The van der Waals surface area contributed by atoms with Gasteiger partial charge in [-0.2, -0.15) is 0 Å². The van der Waals surface area contributed by atoms with Crippen LogP contribution in [0.5, 0.6) is 0 Å². The minimum Gasteiger partial charge on any atom is -0.462 e. The van der Waals surface area contributed by atoms with Crippen molar-refractivity contribution in [3.63, 3.8) is 0 Å². The van der Waals surface area contributed by atoms with Gasteiger partial charge in [-0.15, -0.1) is 11.3 Å². The summed E-state index contributed by atoms with van der Waals surface area (Å²) >= 11 is 1.39. The smallest absolute Gasteiger partial charge is 0.266 e. The molecule has 0 atom stereocenters. The largest absolute Gasteiger partial charge is 0.462 e. The summed E-state index contributed by atoms with van der Waals surface area (Å²) in [7, 11) is 0. The first kappa shape index (κ1) is 19.7. The Balaban J connectivity index is 1.35. The molecule has 0 unspecified atom stereocenters. The number of aromatic nitrogens is 2. The number of piperazine rings is 1. The number of furan rings is 1. The lowest BCUT2D eigenvalue weighted by atomic mass is 10.1. The third-order valence-electron chi connectivity index (χ3n) is 5.32. The second-order valence-corrected chi connectivity index (χ2v) is 8.54. The van der Waals surface area contributed by atoms with Gasteiger partial charge in [-0.25, -0.2) is 4.98 Å². The molecule has 0 radical (unpaired) electrons. The second kappa shape index (κ2) is 8.49. The van der Waals surface area contributed by atoms with Crippen molar-refractivity contribution < 1.29 is 13.7 Å². The minimum atomic E-state index is 0.0195. The Kier molecular flexibility index (Phi) is 5.40. The van der Waals surface area contributed by atoms with E-state index in [1.54, 1.807) is 6.26 Å². The maximum Gasteiger partial charge on any atom is 0.266 e. The van der Waals surface area contributed by atoms with Crippen molar-refractivity contribution in [2.75, 3.05) is 26.2 Å². The van der Waals surface area contributed by atoms with Gasteiger partial charge in [-0.1, -0.05) is 35.5 Å². The molecule has 7 nitrogen and oxygen atoms in total. The number of benzene rings is 1. The average molecular weight is 435 g/mol. The van der Waals surface area contributed by atoms with Gasteiger partial charge in [0.05, 0.1) is 17.7 Å². The van der Waals surface area contributed by atoms with Gasteiger partial charge in [0, 0.05) is 44.4 Å². The van der Waals surface area contributed by atoms with Crippen molar-refractivity contribution in [2.24, 2.45) is 0 Å². The molecule has 1 saturated heterocycles. The monoisotopic (exact) mass is 434 g/mol. The first-order chi connectivity index (χ1) is 15.2. The molecular weight excluding hydrogens is 412 g/mol. The molecule has 4 aromatic rings. The molecule has 8 heteroatoms. The van der Waals surface area contributed by atoms with Crippen LogP contribution in [0.1, 0.15) is 21.1 Å². The van der Waals surface area contributed by atoms with Crippen LogP contribution in [0.4, 0.5) is 0 Å². The summed E-state index contributed by atoms with van der Waals surface area (Å²) in [6.45, 7) is 5.54. The summed E-state index contributed by atoms with van der Waals surface area (Å²) in [5.41, 5.74) is 2.57. The molecule has 0 saturated carbocycles. The first-order valence-electron chi connectivity index (χ1n) is 10.2. The molecule has 1 aromatic carbocycles. The maximum atomic E-state index is 13.5. The molecular formula is C23H22N4O3S. The number of carbonyl (C=O) groups excluding carboxylic acids is 1. The van der Waals surface area contributed by atoms with E-state index in [0.29, 0.717) is 34.4 Å². The van der Waals surface area contributed by atoms with Crippen molar-refractivity contribution in [1.29, 1.82) is 0 Å². The molecule has 158 valence electrons. The van der Waals surface area contributed by atoms with Gasteiger partial charge in [0.2, 0.25) is 0 Å². The van der Waals surface area contributed by atoms with Crippen molar-refractivity contribution in [3.8, 4) is 22.0 Å². The van der Waals surface area contributed by atoms with E-state index in [1.807, 2.05) is 60.4 Å². The van der Waals surface area contributed by atoms with Crippen molar-refractivity contribution in [1.82, 2.24) is 19.9 Å². The zero-order valence-electron chi connectivity index (χ0n) is 17.2. The molecule has 0 N–H and O–H groups in total. The molecule has 0 spiro atoms. The molecule has 31 heavy (non-hydrogen) atoms. The van der Waals surface area contributed by atoms with Crippen LogP contribution < -0.4 is 0 Å². The molecule has 1 fully saturated rings. The van der Waals surface area contributed by atoms with Gasteiger partial charge in [-0.3, -0.25) is 9.69 Å². The van der Waals surface area contributed by atoms with Gasteiger partial charge in [0.15, 0.2) is 10.8 Å². The summed E-state index contributed by atoms with van der Waals surface area (Å²) in [5.74, 6) is 1.51. The summed E-state index contributed by atoms with van der Waals surface area (Å²) in [6, 6.07) is 15.5. The Hall–Kier alpha value is -3.23. The molecule has 0 bridgehead atoms.